The lowest BCUT2D eigenvalue weighted by Crippen LogP contribution is -2.47. The van der Waals surface area contributed by atoms with Crippen LogP contribution >= 0.6 is 0 Å². The minimum absolute atomic E-state index is 0.560. The van der Waals surface area contributed by atoms with Crippen LogP contribution in [0.2, 0.25) is 0 Å². The van der Waals surface area contributed by atoms with Gasteiger partial charge in [0.05, 0.1) is 0 Å². The summed E-state index contributed by atoms with van der Waals surface area (Å²) in [6, 6.07) is 10.2. The van der Waals surface area contributed by atoms with Gasteiger partial charge in [-0.05, 0) is 36.8 Å². The molecule has 1 aliphatic rings. The SMILES string of the molecule is Cc1cc(CN)cc(N2CCN(c3ccccn3)CC2)n1. The normalized spacial score (nSPS) is 15.3. The van der Waals surface area contributed by atoms with E-state index in [1.807, 2.05) is 31.3 Å². The van der Waals surface area contributed by atoms with Gasteiger partial charge in [0.2, 0.25) is 0 Å². The first-order valence-corrected chi connectivity index (χ1v) is 7.35. The third-order valence-corrected chi connectivity index (χ3v) is 3.81. The molecule has 0 spiro atoms. The lowest BCUT2D eigenvalue weighted by molar-refractivity contribution is 0.640. The molecule has 1 saturated heterocycles. The Bertz CT molecular complexity index is 591. The molecule has 0 aliphatic carbocycles. The van der Waals surface area contributed by atoms with Gasteiger partial charge >= 0.3 is 0 Å². The van der Waals surface area contributed by atoms with E-state index in [1.54, 1.807) is 0 Å². The zero-order chi connectivity index (χ0) is 14.7. The van der Waals surface area contributed by atoms with Gasteiger partial charge in [0.25, 0.3) is 0 Å². The smallest absolute Gasteiger partial charge is 0.129 e. The van der Waals surface area contributed by atoms with Crippen LogP contribution in [0.3, 0.4) is 0 Å². The quantitative estimate of drug-likeness (QED) is 0.926. The second-order valence-corrected chi connectivity index (χ2v) is 5.34. The van der Waals surface area contributed by atoms with E-state index in [2.05, 4.69) is 31.9 Å². The Kier molecular flexibility index (Phi) is 4.01. The van der Waals surface area contributed by atoms with E-state index in [-0.39, 0.29) is 0 Å². The number of hydrogen-bond acceptors (Lipinski definition) is 5. The van der Waals surface area contributed by atoms with E-state index in [1.165, 1.54) is 0 Å². The van der Waals surface area contributed by atoms with Gasteiger partial charge in [0.15, 0.2) is 0 Å². The number of rotatable bonds is 3. The van der Waals surface area contributed by atoms with E-state index in [0.717, 1.165) is 49.1 Å². The zero-order valence-electron chi connectivity index (χ0n) is 12.4. The third-order valence-electron chi connectivity index (χ3n) is 3.81. The highest BCUT2D eigenvalue weighted by atomic mass is 15.3. The van der Waals surface area contributed by atoms with Crippen LogP contribution in [-0.4, -0.2) is 36.1 Å². The van der Waals surface area contributed by atoms with Crippen LogP contribution in [0.25, 0.3) is 0 Å². The van der Waals surface area contributed by atoms with Crippen molar-refractivity contribution in [2.24, 2.45) is 5.73 Å². The van der Waals surface area contributed by atoms with Crippen LogP contribution in [0, 0.1) is 6.92 Å². The summed E-state index contributed by atoms with van der Waals surface area (Å²) in [4.78, 5) is 13.7. The van der Waals surface area contributed by atoms with Crippen LogP contribution in [0.1, 0.15) is 11.3 Å². The highest BCUT2D eigenvalue weighted by Crippen LogP contribution is 2.19. The van der Waals surface area contributed by atoms with Crippen molar-refractivity contribution in [1.82, 2.24) is 9.97 Å². The highest BCUT2D eigenvalue weighted by molar-refractivity contribution is 5.46. The average molecular weight is 283 g/mol. The average Bonchev–Trinajstić information content (AvgIpc) is 2.55. The summed E-state index contributed by atoms with van der Waals surface area (Å²) in [6.45, 7) is 6.42. The number of piperazine rings is 1. The maximum absolute atomic E-state index is 5.75. The lowest BCUT2D eigenvalue weighted by atomic mass is 10.2. The zero-order valence-corrected chi connectivity index (χ0v) is 12.4. The summed E-state index contributed by atoms with van der Waals surface area (Å²) < 4.78 is 0. The molecule has 3 rings (SSSR count). The van der Waals surface area contributed by atoms with Crippen molar-refractivity contribution in [2.45, 2.75) is 13.5 Å². The van der Waals surface area contributed by atoms with Gasteiger partial charge in [-0.1, -0.05) is 6.07 Å². The summed E-state index contributed by atoms with van der Waals surface area (Å²) in [5.41, 5.74) is 7.92. The topological polar surface area (TPSA) is 58.3 Å². The molecule has 0 aromatic carbocycles. The fraction of sp³-hybridized carbons (Fsp3) is 0.375. The number of nitrogens with two attached hydrogens (primary N) is 1. The van der Waals surface area contributed by atoms with E-state index < -0.39 is 0 Å². The predicted molar refractivity (Wildman–Crippen MR) is 85.5 cm³/mol. The Labute approximate surface area is 125 Å². The second-order valence-electron chi connectivity index (χ2n) is 5.34. The molecule has 1 aliphatic heterocycles. The van der Waals surface area contributed by atoms with Crippen molar-refractivity contribution in [3.05, 3.63) is 47.8 Å². The van der Waals surface area contributed by atoms with Crippen LogP contribution in [0.5, 0.6) is 0 Å². The molecule has 2 N–H and O–H groups in total. The number of pyridine rings is 2. The van der Waals surface area contributed by atoms with Gasteiger partial charge in [-0.2, -0.15) is 0 Å². The van der Waals surface area contributed by atoms with E-state index in [0.29, 0.717) is 6.54 Å². The first-order valence-electron chi connectivity index (χ1n) is 7.35. The summed E-state index contributed by atoms with van der Waals surface area (Å²) in [5.74, 6) is 2.09. The minimum Gasteiger partial charge on any atom is -0.353 e. The van der Waals surface area contributed by atoms with Crippen molar-refractivity contribution in [3.8, 4) is 0 Å². The molecule has 5 heteroatoms. The van der Waals surface area contributed by atoms with Gasteiger partial charge < -0.3 is 15.5 Å². The van der Waals surface area contributed by atoms with Crippen molar-refractivity contribution in [1.29, 1.82) is 0 Å². The summed E-state index contributed by atoms with van der Waals surface area (Å²) in [6.07, 6.45) is 1.84. The molecule has 2 aromatic rings. The lowest BCUT2D eigenvalue weighted by Gasteiger charge is -2.36. The Morgan fingerprint density at radius 2 is 1.76 bits per heavy atom. The molecule has 1 fully saturated rings. The molecular formula is C16H21N5. The van der Waals surface area contributed by atoms with Gasteiger partial charge in [-0.3, -0.25) is 0 Å². The monoisotopic (exact) mass is 283 g/mol. The van der Waals surface area contributed by atoms with Crippen LogP contribution < -0.4 is 15.5 Å². The summed E-state index contributed by atoms with van der Waals surface area (Å²) >= 11 is 0. The molecule has 0 bridgehead atoms. The maximum atomic E-state index is 5.75. The molecule has 2 aromatic heterocycles. The largest absolute Gasteiger partial charge is 0.353 e. The summed E-state index contributed by atoms with van der Waals surface area (Å²) in [7, 11) is 0. The molecule has 5 nitrogen and oxygen atoms in total. The van der Waals surface area contributed by atoms with E-state index >= 15 is 0 Å². The van der Waals surface area contributed by atoms with Crippen molar-refractivity contribution >= 4 is 11.6 Å². The molecule has 110 valence electrons. The molecule has 3 heterocycles. The predicted octanol–water partition coefficient (Wildman–Crippen LogP) is 1.57. The van der Waals surface area contributed by atoms with Crippen LogP contribution in [0.15, 0.2) is 36.5 Å². The van der Waals surface area contributed by atoms with Gasteiger partial charge in [0, 0.05) is 44.6 Å². The Hall–Kier alpha value is -2.14. The molecule has 0 atom stereocenters. The Morgan fingerprint density at radius 1 is 1.05 bits per heavy atom. The fourth-order valence-corrected chi connectivity index (χ4v) is 2.71. The first kappa shape index (κ1) is 13.8. The molecule has 0 saturated carbocycles. The van der Waals surface area contributed by atoms with Gasteiger partial charge in [0.1, 0.15) is 11.6 Å². The number of anilines is 2. The molecule has 0 amide bonds. The van der Waals surface area contributed by atoms with Crippen molar-refractivity contribution in [2.75, 3.05) is 36.0 Å². The molecule has 0 radical (unpaired) electrons. The standard InChI is InChI=1S/C16H21N5/c1-13-10-14(12-17)11-16(19-13)21-8-6-20(7-9-21)15-4-2-3-5-18-15/h2-5,10-11H,6-9,12,17H2,1H3. The molecular weight excluding hydrogens is 262 g/mol. The molecule has 0 unspecified atom stereocenters. The minimum atomic E-state index is 0.560. The van der Waals surface area contributed by atoms with E-state index in [9.17, 15) is 0 Å². The number of nitrogens with zero attached hydrogens (tertiary/aromatic N) is 4. The fourth-order valence-electron chi connectivity index (χ4n) is 2.71. The van der Waals surface area contributed by atoms with Crippen molar-refractivity contribution < 1.29 is 0 Å². The summed E-state index contributed by atoms with van der Waals surface area (Å²) in [5, 5.41) is 0. The third kappa shape index (κ3) is 3.13. The van der Waals surface area contributed by atoms with Crippen LogP contribution in [0.4, 0.5) is 11.6 Å². The Morgan fingerprint density at radius 3 is 2.38 bits per heavy atom. The first-order chi connectivity index (χ1) is 10.3. The highest BCUT2D eigenvalue weighted by Gasteiger charge is 2.19. The second kappa shape index (κ2) is 6.10. The maximum Gasteiger partial charge on any atom is 0.129 e. The van der Waals surface area contributed by atoms with Gasteiger partial charge in [-0.15, -0.1) is 0 Å². The Balaban J connectivity index is 1.70. The number of aromatic nitrogens is 2. The van der Waals surface area contributed by atoms with Crippen LogP contribution in [-0.2, 0) is 6.54 Å². The van der Waals surface area contributed by atoms with Crippen molar-refractivity contribution in [3.63, 3.8) is 0 Å². The van der Waals surface area contributed by atoms with E-state index in [4.69, 9.17) is 5.73 Å². The molecule has 21 heavy (non-hydrogen) atoms. The number of hydrogen-bond donors (Lipinski definition) is 1. The van der Waals surface area contributed by atoms with Gasteiger partial charge in [-0.25, -0.2) is 9.97 Å². The number of aryl methyl sites for hydroxylation is 1.